The van der Waals surface area contributed by atoms with Crippen molar-refractivity contribution in [3.05, 3.63) is 17.3 Å². The van der Waals surface area contributed by atoms with Crippen molar-refractivity contribution >= 4 is 5.96 Å². The van der Waals surface area contributed by atoms with Gasteiger partial charge in [0, 0.05) is 6.04 Å². The molecule has 0 saturated heterocycles. The third kappa shape index (κ3) is 3.48. The molecule has 1 aliphatic carbocycles. The van der Waals surface area contributed by atoms with Crippen molar-refractivity contribution in [1.29, 1.82) is 0 Å². The summed E-state index contributed by atoms with van der Waals surface area (Å²) in [5.74, 6) is 1.97. The number of hydrogen-bond donors (Lipinski definition) is 2. The first kappa shape index (κ1) is 12.9. The number of rotatable bonds is 3. The van der Waals surface area contributed by atoms with E-state index in [0.717, 1.165) is 11.5 Å². The first-order valence-electron chi connectivity index (χ1n) is 6.64. The molecule has 0 radical (unpaired) electrons. The molecular weight excluding hydrogens is 228 g/mol. The Kier molecular flexibility index (Phi) is 4.23. The van der Waals surface area contributed by atoms with Gasteiger partial charge in [0.15, 0.2) is 5.96 Å². The van der Waals surface area contributed by atoms with Crippen LogP contribution >= 0.6 is 0 Å². The highest BCUT2D eigenvalue weighted by atomic mass is 16.4. The van der Waals surface area contributed by atoms with Crippen LogP contribution in [0.2, 0.25) is 0 Å². The fourth-order valence-corrected chi connectivity index (χ4v) is 2.26. The van der Waals surface area contributed by atoms with Gasteiger partial charge in [0.05, 0.1) is 5.69 Å². The number of hydrogen-bond acceptors (Lipinski definition) is 3. The van der Waals surface area contributed by atoms with Crippen LogP contribution in [0, 0.1) is 13.8 Å². The lowest BCUT2D eigenvalue weighted by atomic mass is 9.96. The zero-order valence-corrected chi connectivity index (χ0v) is 11.2. The van der Waals surface area contributed by atoms with Crippen molar-refractivity contribution in [3.8, 4) is 0 Å². The first-order chi connectivity index (χ1) is 8.65. The Hall–Kier alpha value is -1.52. The van der Waals surface area contributed by atoms with Gasteiger partial charge in [0.25, 0.3) is 0 Å². The topological polar surface area (TPSA) is 76.4 Å². The van der Waals surface area contributed by atoms with E-state index in [9.17, 15) is 0 Å². The fraction of sp³-hybridized carbons (Fsp3) is 0.692. The van der Waals surface area contributed by atoms with Gasteiger partial charge in [-0.1, -0.05) is 19.3 Å². The normalized spacial score (nSPS) is 18.0. The van der Waals surface area contributed by atoms with Crippen LogP contribution in [0.3, 0.4) is 0 Å². The summed E-state index contributed by atoms with van der Waals surface area (Å²) < 4.78 is 5.45. The van der Waals surface area contributed by atoms with Gasteiger partial charge in [-0.25, -0.2) is 9.98 Å². The Balaban J connectivity index is 1.84. The highest BCUT2D eigenvalue weighted by Crippen LogP contribution is 2.17. The maximum Gasteiger partial charge on any atom is 0.216 e. The minimum atomic E-state index is 0.403. The van der Waals surface area contributed by atoms with E-state index < -0.39 is 0 Å². The van der Waals surface area contributed by atoms with Gasteiger partial charge in [-0.2, -0.15) is 0 Å². The smallest absolute Gasteiger partial charge is 0.216 e. The molecule has 1 aliphatic rings. The molecule has 0 unspecified atom stereocenters. The van der Waals surface area contributed by atoms with E-state index in [1.807, 2.05) is 13.8 Å². The fourth-order valence-electron chi connectivity index (χ4n) is 2.26. The molecule has 0 atom stereocenters. The quantitative estimate of drug-likeness (QED) is 0.635. The lowest BCUT2D eigenvalue weighted by molar-refractivity contribution is 0.411. The summed E-state index contributed by atoms with van der Waals surface area (Å²) in [4.78, 5) is 8.54. The molecule has 100 valence electrons. The van der Waals surface area contributed by atoms with Crippen LogP contribution in [-0.2, 0) is 6.54 Å². The van der Waals surface area contributed by atoms with Crippen molar-refractivity contribution in [3.63, 3.8) is 0 Å². The Labute approximate surface area is 108 Å². The predicted octanol–water partition coefficient (Wildman–Crippen LogP) is 2.03. The van der Waals surface area contributed by atoms with Crippen LogP contribution in [0.4, 0.5) is 0 Å². The molecule has 0 spiro atoms. The predicted molar refractivity (Wildman–Crippen MR) is 71.3 cm³/mol. The average Bonchev–Trinajstić information content (AvgIpc) is 2.68. The monoisotopic (exact) mass is 250 g/mol. The van der Waals surface area contributed by atoms with E-state index in [0.29, 0.717) is 24.4 Å². The first-order valence-corrected chi connectivity index (χ1v) is 6.64. The molecule has 5 heteroatoms. The number of aryl methyl sites for hydroxylation is 2. The van der Waals surface area contributed by atoms with E-state index in [-0.39, 0.29) is 0 Å². The Morgan fingerprint density at radius 1 is 1.39 bits per heavy atom. The lowest BCUT2D eigenvalue weighted by Gasteiger charge is -2.23. The molecule has 18 heavy (non-hydrogen) atoms. The summed E-state index contributed by atoms with van der Waals surface area (Å²) in [5, 5.41) is 3.27. The van der Waals surface area contributed by atoms with Gasteiger partial charge in [-0.15, -0.1) is 0 Å². The molecule has 1 aromatic heterocycles. The molecule has 5 nitrogen and oxygen atoms in total. The van der Waals surface area contributed by atoms with Crippen molar-refractivity contribution in [1.82, 2.24) is 10.3 Å². The van der Waals surface area contributed by atoms with Crippen LogP contribution in [0.15, 0.2) is 9.41 Å². The van der Waals surface area contributed by atoms with E-state index >= 15 is 0 Å². The number of nitrogens with two attached hydrogens (primary N) is 1. The number of nitrogens with zero attached hydrogens (tertiary/aromatic N) is 2. The summed E-state index contributed by atoms with van der Waals surface area (Å²) in [6.45, 7) is 4.23. The zero-order chi connectivity index (χ0) is 13.0. The molecule has 1 saturated carbocycles. The second-order valence-corrected chi connectivity index (χ2v) is 4.93. The second kappa shape index (κ2) is 5.89. The number of nitrogens with one attached hydrogen (secondary N) is 1. The van der Waals surface area contributed by atoms with E-state index in [1.165, 1.54) is 32.1 Å². The van der Waals surface area contributed by atoms with Crippen LogP contribution < -0.4 is 11.1 Å². The van der Waals surface area contributed by atoms with Crippen molar-refractivity contribution in [2.75, 3.05) is 0 Å². The van der Waals surface area contributed by atoms with Gasteiger partial charge in [-0.3, -0.25) is 0 Å². The molecule has 0 amide bonds. The maximum absolute atomic E-state index is 5.87. The summed E-state index contributed by atoms with van der Waals surface area (Å²) in [6, 6.07) is 0.482. The highest BCUT2D eigenvalue weighted by molar-refractivity contribution is 5.78. The highest BCUT2D eigenvalue weighted by Gasteiger charge is 2.13. The van der Waals surface area contributed by atoms with Crippen molar-refractivity contribution in [2.45, 2.75) is 58.5 Å². The molecule has 2 rings (SSSR count). The minimum absolute atomic E-state index is 0.403. The van der Waals surface area contributed by atoms with Crippen LogP contribution in [0.25, 0.3) is 0 Å². The summed E-state index contributed by atoms with van der Waals surface area (Å²) in [5.41, 5.74) is 6.78. The number of aromatic nitrogens is 1. The molecule has 1 heterocycles. The molecule has 0 bridgehead atoms. The van der Waals surface area contributed by atoms with Gasteiger partial charge < -0.3 is 15.5 Å². The number of oxazole rings is 1. The third-order valence-corrected chi connectivity index (χ3v) is 3.41. The Morgan fingerprint density at radius 2 is 2.11 bits per heavy atom. The zero-order valence-electron chi connectivity index (χ0n) is 11.2. The van der Waals surface area contributed by atoms with Gasteiger partial charge >= 0.3 is 0 Å². The van der Waals surface area contributed by atoms with Crippen LogP contribution in [0.5, 0.6) is 0 Å². The van der Waals surface area contributed by atoms with E-state index in [1.54, 1.807) is 0 Å². The SMILES string of the molecule is Cc1nc(CN=C(N)NC2CCCCC2)oc1C. The summed E-state index contributed by atoms with van der Waals surface area (Å²) >= 11 is 0. The Bertz CT molecular complexity index is 399. The molecule has 1 aromatic rings. The van der Waals surface area contributed by atoms with Gasteiger partial charge in [-0.05, 0) is 26.7 Å². The van der Waals surface area contributed by atoms with Crippen molar-refractivity contribution in [2.24, 2.45) is 10.7 Å². The van der Waals surface area contributed by atoms with Crippen LogP contribution in [0.1, 0.15) is 49.4 Å². The average molecular weight is 250 g/mol. The number of aliphatic imine (C=N–C) groups is 1. The largest absolute Gasteiger partial charge is 0.444 e. The van der Waals surface area contributed by atoms with Gasteiger partial charge in [0.2, 0.25) is 5.89 Å². The summed E-state index contributed by atoms with van der Waals surface area (Å²) in [6.07, 6.45) is 6.27. The van der Waals surface area contributed by atoms with Crippen molar-refractivity contribution < 1.29 is 4.42 Å². The van der Waals surface area contributed by atoms with Gasteiger partial charge in [0.1, 0.15) is 12.3 Å². The molecule has 0 aliphatic heterocycles. The van der Waals surface area contributed by atoms with Crippen LogP contribution in [-0.4, -0.2) is 17.0 Å². The minimum Gasteiger partial charge on any atom is -0.444 e. The number of guanidine groups is 1. The van der Waals surface area contributed by atoms with E-state index in [4.69, 9.17) is 10.2 Å². The van der Waals surface area contributed by atoms with E-state index in [2.05, 4.69) is 15.3 Å². The standard InChI is InChI=1S/C13H22N4O/c1-9-10(2)18-12(16-9)8-15-13(14)17-11-6-4-3-5-7-11/h11H,3-8H2,1-2H3,(H3,14,15,17). The molecule has 0 aromatic carbocycles. The third-order valence-electron chi connectivity index (χ3n) is 3.41. The Morgan fingerprint density at radius 3 is 2.72 bits per heavy atom. The molecular formula is C13H22N4O. The lowest BCUT2D eigenvalue weighted by Crippen LogP contribution is -2.41. The summed E-state index contributed by atoms with van der Waals surface area (Å²) in [7, 11) is 0. The molecule has 3 N–H and O–H groups in total. The maximum atomic E-state index is 5.87. The molecule has 1 fully saturated rings. The second-order valence-electron chi connectivity index (χ2n) is 4.93.